The number of morpholine rings is 1. The molecule has 0 unspecified atom stereocenters. The van der Waals surface area contributed by atoms with Gasteiger partial charge in [0.2, 0.25) is 0 Å². The van der Waals surface area contributed by atoms with Crippen LogP contribution in [-0.2, 0) is 19.1 Å². The molecule has 5 rings (SSSR count). The van der Waals surface area contributed by atoms with Crippen molar-refractivity contribution in [1.29, 1.82) is 0 Å². The van der Waals surface area contributed by atoms with E-state index in [0.29, 0.717) is 67.1 Å². The van der Waals surface area contributed by atoms with E-state index in [2.05, 4.69) is 142 Å². The molecule has 0 N–H and O–H groups in total. The number of hydrogen-bond donors (Lipinski definition) is 0. The van der Waals surface area contributed by atoms with Gasteiger partial charge in [0.1, 0.15) is 9.21 Å². The third-order valence-electron chi connectivity index (χ3n) is 5.15. The molecule has 1 aliphatic heterocycles. The summed E-state index contributed by atoms with van der Waals surface area (Å²) in [6.45, 7) is 2.50. The molecule has 6 nitrogen and oxygen atoms in total. The summed E-state index contributed by atoms with van der Waals surface area (Å²) in [6.07, 6.45) is 3.36. The molecule has 1 fully saturated rings. The van der Waals surface area contributed by atoms with Crippen LogP contribution in [0.15, 0.2) is 100 Å². The maximum atomic E-state index is 12.1. The average Bonchev–Trinajstić information content (AvgIpc) is 3.03. The fourth-order valence-electron chi connectivity index (χ4n) is 3.26. The molecular formula is C29H27Br2Cl2I5N3O3V2. The van der Waals surface area contributed by atoms with Crippen LogP contribution in [0.25, 0.3) is 0 Å². The molecule has 0 saturated carbocycles. The Labute approximate surface area is 364 Å². The number of rotatable bonds is 3. The number of nitrogens with zero attached hydrogens (tertiary/aromatic N) is 3. The van der Waals surface area contributed by atoms with Gasteiger partial charge in [0.05, 0.1) is 34.4 Å². The van der Waals surface area contributed by atoms with Gasteiger partial charge in [-0.05, 0) is 80.4 Å². The van der Waals surface area contributed by atoms with Crippen LogP contribution in [0.5, 0.6) is 0 Å². The third-order valence-corrected chi connectivity index (χ3v) is 6.91. The molecule has 17 heteroatoms. The molecule has 46 heavy (non-hydrogen) atoms. The maximum absolute atomic E-state index is 12.1. The van der Waals surface area contributed by atoms with Crippen LogP contribution in [0.4, 0.5) is 0 Å². The second kappa shape index (κ2) is 29.7. The van der Waals surface area contributed by atoms with E-state index in [9.17, 15) is 9.59 Å². The van der Waals surface area contributed by atoms with Crippen molar-refractivity contribution < 1.29 is 28.7 Å². The Kier molecular flexibility index (Phi) is 31.2. The van der Waals surface area contributed by atoms with E-state index < -0.39 is 0 Å². The van der Waals surface area contributed by atoms with Crippen LogP contribution in [0.3, 0.4) is 0 Å². The van der Waals surface area contributed by atoms with Crippen molar-refractivity contribution in [2.24, 2.45) is 0 Å². The van der Waals surface area contributed by atoms with Gasteiger partial charge >= 0.3 is 114 Å². The van der Waals surface area contributed by atoms with Crippen molar-refractivity contribution in [3.63, 3.8) is 0 Å². The molecule has 1 saturated heterocycles. The quantitative estimate of drug-likeness (QED) is 0.116. The Bertz CT molecular complexity index is 1400. The van der Waals surface area contributed by atoms with Gasteiger partial charge in [-0.3, -0.25) is 9.59 Å². The minimum atomic E-state index is -0.278. The van der Waals surface area contributed by atoms with E-state index in [0.717, 1.165) is 4.60 Å². The first-order valence-corrected chi connectivity index (χ1v) is 37.2. The Morgan fingerprint density at radius 3 is 1.65 bits per heavy atom. The number of carbonyl (C=O) groups excluding carboxylic acids is 2. The predicted octanol–water partition coefficient (Wildman–Crippen LogP) is 12.4. The van der Waals surface area contributed by atoms with E-state index >= 15 is 0 Å². The molecule has 3 heterocycles. The van der Waals surface area contributed by atoms with Gasteiger partial charge in [-0.2, -0.15) is 0 Å². The summed E-state index contributed by atoms with van der Waals surface area (Å²) in [7, 11) is 0.628. The Balaban J connectivity index is 0.000000621. The molecule has 0 spiro atoms. The second-order valence-electron chi connectivity index (χ2n) is 7.94. The Morgan fingerprint density at radius 1 is 0.761 bits per heavy atom. The van der Waals surface area contributed by atoms with Crippen molar-refractivity contribution in [2.75, 3.05) is 26.3 Å². The van der Waals surface area contributed by atoms with Crippen LogP contribution in [0, 0.1) is 0 Å². The number of ketones is 1. The summed E-state index contributed by atoms with van der Waals surface area (Å²) in [5.41, 5.74) is 1.56. The first kappa shape index (κ1) is 48.2. The zero-order chi connectivity index (χ0) is 33.6. The molecule has 0 atom stereocenters. The molecule has 0 bridgehead atoms. The number of aromatic nitrogens is 2. The fraction of sp³-hybridized carbons (Fsp3) is 0.172. The van der Waals surface area contributed by atoms with Gasteiger partial charge in [-0.15, -0.1) is 0 Å². The van der Waals surface area contributed by atoms with E-state index in [-0.39, 0.29) is 24.0 Å². The second-order valence-corrected chi connectivity index (χ2v) is 57.5. The molecule has 1 amide bonds. The molecule has 0 radical (unpaired) electrons. The van der Waals surface area contributed by atoms with Crippen LogP contribution < -0.4 is 0 Å². The number of pyridine rings is 2. The van der Waals surface area contributed by atoms with E-state index in [1.165, 1.54) is 0 Å². The summed E-state index contributed by atoms with van der Waals surface area (Å²) in [4.78, 5) is 33.5. The van der Waals surface area contributed by atoms with Gasteiger partial charge in [-0.25, -0.2) is 9.97 Å². The molecular weight excluding hydrogens is 1410 g/mol. The van der Waals surface area contributed by atoms with Crippen LogP contribution in [0.2, 0.25) is 10.0 Å². The zero-order valence-electron chi connectivity index (χ0n) is 22.9. The van der Waals surface area contributed by atoms with Crippen molar-refractivity contribution >= 4 is 167 Å². The molecule has 4 aromatic rings. The van der Waals surface area contributed by atoms with E-state index in [4.69, 9.17) is 27.9 Å². The summed E-state index contributed by atoms with van der Waals surface area (Å²) in [5, 5.41) is 0.956. The summed E-state index contributed by atoms with van der Waals surface area (Å²) in [6, 6.07) is 23.2. The minimum absolute atomic E-state index is 0. The Morgan fingerprint density at radius 2 is 1.22 bits per heavy atom. The van der Waals surface area contributed by atoms with Crippen LogP contribution in [-0.4, -0.2) is 52.9 Å². The fourth-order valence-corrected chi connectivity index (χ4v) is 4.40. The summed E-state index contributed by atoms with van der Waals surface area (Å²) < 4.78 is 6.60. The zero-order valence-corrected chi connectivity index (χ0v) is 41.1. The summed E-state index contributed by atoms with van der Waals surface area (Å²) in [5.74, 6) is -0.144. The topological polar surface area (TPSA) is 72.4 Å². The summed E-state index contributed by atoms with van der Waals surface area (Å²) >= 11 is 30.5. The number of hydrogen-bond acceptors (Lipinski definition) is 5. The number of carbonyl (C=O) groups is 2. The molecule has 249 valence electrons. The average molecular weight is 1430 g/mol. The van der Waals surface area contributed by atoms with E-state index in [1.54, 1.807) is 65.8 Å². The number of benzene rings is 2. The first-order chi connectivity index (χ1) is 21.5. The van der Waals surface area contributed by atoms with E-state index in [1.807, 2.05) is 30.3 Å². The van der Waals surface area contributed by atoms with Crippen molar-refractivity contribution in [2.45, 2.75) is 7.43 Å². The van der Waals surface area contributed by atoms with Crippen LogP contribution >= 0.6 is 155 Å². The standard InChI is InChI=1S/C12H7BrClNO.C11H12ClNO2.C5H4BrN.CH4.5HI.2V/c13-12-9(5-3-7-15-12)11(16)8-4-1-2-6-10(8)14;12-10-4-2-1-3-9(10)11(14)13-5-7-15-8-6-13;6-5-3-1-2-4-7-5;;;;;;;;/h1-7H;1-4H,5-8H2;1-4H;1H4;5*1H;;/q;;;;;;;;;+2;+3/p-5. The van der Waals surface area contributed by atoms with Gasteiger partial charge < -0.3 is 9.64 Å². The number of halogens is 9. The first-order valence-electron chi connectivity index (χ1n) is 12.3. The third kappa shape index (κ3) is 20.9. The SMILES string of the molecule is Brc1ccccn1.C.O=C(c1ccccc1Cl)N1CCOCC1.O=C(c1ccccc1Cl)c1cccnc1Br.[I][V]([I])[I].[I][V][I]. The van der Waals surface area contributed by atoms with Crippen LogP contribution in [0.1, 0.15) is 33.7 Å². The molecule has 2 aromatic carbocycles. The molecule has 0 aliphatic carbocycles. The number of ether oxygens (including phenoxy) is 1. The van der Waals surface area contributed by atoms with Crippen molar-refractivity contribution in [1.82, 2.24) is 14.9 Å². The monoisotopic (exact) mass is 1430 g/mol. The molecule has 2 aromatic heterocycles. The normalized spacial score (nSPS) is 11.3. The Hall–Kier alpha value is 2.20. The predicted molar refractivity (Wildman–Crippen MR) is 234 cm³/mol. The van der Waals surface area contributed by atoms with Gasteiger partial charge in [-0.1, -0.05) is 61.0 Å². The van der Waals surface area contributed by atoms with Gasteiger partial charge in [0.15, 0.2) is 5.78 Å². The molecule has 1 aliphatic rings. The number of amides is 1. The van der Waals surface area contributed by atoms with Gasteiger partial charge in [0.25, 0.3) is 5.91 Å². The van der Waals surface area contributed by atoms with Crippen molar-refractivity contribution in [3.05, 3.63) is 127 Å². The van der Waals surface area contributed by atoms with Gasteiger partial charge in [0, 0.05) is 31.0 Å². The van der Waals surface area contributed by atoms with Crippen molar-refractivity contribution in [3.8, 4) is 0 Å².